The molecule has 0 aromatic carbocycles. The Morgan fingerprint density at radius 2 is 2.14 bits per heavy atom. The van der Waals surface area contributed by atoms with Crippen LogP contribution in [0.4, 0.5) is 0 Å². The van der Waals surface area contributed by atoms with Crippen LogP contribution in [0.15, 0.2) is 0 Å². The molecule has 2 aliphatic rings. The van der Waals surface area contributed by atoms with Crippen molar-refractivity contribution in [2.24, 2.45) is 0 Å². The Morgan fingerprint density at radius 1 is 1.29 bits per heavy atom. The highest BCUT2D eigenvalue weighted by atomic mass is 32.2. The van der Waals surface area contributed by atoms with E-state index in [1.807, 2.05) is 6.92 Å². The lowest BCUT2D eigenvalue weighted by atomic mass is 10.2. The number of hydrogen-bond acceptors (Lipinski definition) is 3. The van der Waals surface area contributed by atoms with Gasteiger partial charge in [0.1, 0.15) is 0 Å². The van der Waals surface area contributed by atoms with Crippen LogP contribution in [0.3, 0.4) is 0 Å². The van der Waals surface area contributed by atoms with Gasteiger partial charge < -0.3 is 5.32 Å². The monoisotopic (exact) mass is 227 g/mol. The summed E-state index contributed by atoms with van der Waals surface area (Å²) < 4.78 is 0. The zero-order valence-electron chi connectivity index (χ0n) is 8.58. The fourth-order valence-corrected chi connectivity index (χ4v) is 5.52. The molecule has 1 saturated carbocycles. The maximum atomic E-state index is 3.57. The summed E-state index contributed by atoms with van der Waals surface area (Å²) in [6.07, 6.45) is 2.75. The van der Waals surface area contributed by atoms with E-state index in [9.17, 15) is 0 Å². The van der Waals surface area contributed by atoms with Crippen LogP contribution in [0.5, 0.6) is 0 Å². The third-order valence-electron chi connectivity index (χ3n) is 2.88. The van der Waals surface area contributed by atoms with Crippen LogP contribution in [-0.2, 0) is 0 Å². The molecule has 14 heavy (non-hydrogen) atoms. The maximum absolute atomic E-state index is 3.57. The Morgan fingerprint density at radius 3 is 3.00 bits per heavy atom. The predicted molar refractivity (Wildman–Crippen MR) is 67.0 cm³/mol. The molecule has 0 bridgehead atoms. The van der Waals surface area contributed by atoms with Gasteiger partial charge in [0.2, 0.25) is 0 Å². The molecule has 0 aromatic rings. The largest absolute Gasteiger partial charge is 0.302 e. The van der Waals surface area contributed by atoms with Crippen molar-refractivity contribution in [3.8, 4) is 11.8 Å². The molecule has 0 amide bonds. The highest BCUT2D eigenvalue weighted by Crippen LogP contribution is 2.41. The molecule has 1 aliphatic heterocycles. The van der Waals surface area contributed by atoms with Crippen LogP contribution in [-0.4, -0.2) is 34.6 Å². The lowest BCUT2D eigenvalue weighted by Crippen LogP contribution is -2.39. The van der Waals surface area contributed by atoms with Gasteiger partial charge in [-0.15, -0.1) is 5.92 Å². The zero-order valence-corrected chi connectivity index (χ0v) is 10.2. The second-order valence-corrected chi connectivity index (χ2v) is 6.37. The first-order chi connectivity index (χ1) is 6.92. The van der Waals surface area contributed by atoms with Crippen molar-refractivity contribution < 1.29 is 0 Å². The van der Waals surface area contributed by atoms with Gasteiger partial charge >= 0.3 is 0 Å². The number of hydrogen-bond donors (Lipinski definition) is 1. The van der Waals surface area contributed by atoms with Gasteiger partial charge in [-0.3, -0.25) is 0 Å². The molecule has 3 unspecified atom stereocenters. The third kappa shape index (κ3) is 2.42. The summed E-state index contributed by atoms with van der Waals surface area (Å²) in [5.74, 6) is 8.72. The van der Waals surface area contributed by atoms with Crippen molar-refractivity contribution in [2.45, 2.75) is 36.3 Å². The summed E-state index contributed by atoms with van der Waals surface area (Å²) in [6.45, 7) is 2.78. The van der Waals surface area contributed by atoms with Crippen molar-refractivity contribution >= 4 is 23.5 Å². The fraction of sp³-hybridized carbons (Fsp3) is 0.818. The molecule has 1 saturated heterocycles. The molecule has 1 nitrogen and oxygen atoms in total. The molecule has 2 rings (SSSR count). The topological polar surface area (TPSA) is 12.0 Å². The second kappa shape index (κ2) is 5.34. The number of thioether (sulfide) groups is 2. The molecule has 1 N–H and O–H groups in total. The minimum absolute atomic E-state index is 0.721. The molecule has 3 heteroatoms. The van der Waals surface area contributed by atoms with E-state index in [1.165, 1.54) is 24.3 Å². The summed E-state index contributed by atoms with van der Waals surface area (Å²) in [5, 5.41) is 5.35. The highest BCUT2D eigenvalue weighted by molar-refractivity contribution is 8.07. The van der Waals surface area contributed by atoms with E-state index >= 15 is 0 Å². The predicted octanol–water partition coefficient (Wildman–Crippen LogP) is 1.98. The third-order valence-corrected chi connectivity index (χ3v) is 6.19. The lowest BCUT2D eigenvalue weighted by Gasteiger charge is -2.28. The van der Waals surface area contributed by atoms with Crippen molar-refractivity contribution in [2.75, 3.05) is 18.1 Å². The quantitative estimate of drug-likeness (QED) is 0.725. The summed E-state index contributed by atoms with van der Waals surface area (Å²) >= 11 is 4.35. The normalized spacial score (nSPS) is 35.9. The molecule has 78 valence electrons. The Balaban J connectivity index is 1.83. The van der Waals surface area contributed by atoms with E-state index in [-0.39, 0.29) is 0 Å². The van der Waals surface area contributed by atoms with Gasteiger partial charge in [0.25, 0.3) is 0 Å². The van der Waals surface area contributed by atoms with Gasteiger partial charge in [-0.1, -0.05) is 5.92 Å². The Bertz CT molecular complexity index is 243. The molecular weight excluding hydrogens is 210 g/mol. The number of rotatable bonds is 2. The minimum Gasteiger partial charge on any atom is -0.302 e. The van der Waals surface area contributed by atoms with Gasteiger partial charge in [0, 0.05) is 28.0 Å². The zero-order chi connectivity index (χ0) is 9.80. The van der Waals surface area contributed by atoms with Gasteiger partial charge in [0.05, 0.1) is 6.54 Å². The smallest absolute Gasteiger partial charge is 0.0578 e. The van der Waals surface area contributed by atoms with Gasteiger partial charge in [0.15, 0.2) is 0 Å². The molecule has 1 heterocycles. The van der Waals surface area contributed by atoms with E-state index in [0.29, 0.717) is 0 Å². The molecule has 2 fully saturated rings. The van der Waals surface area contributed by atoms with Crippen LogP contribution < -0.4 is 5.32 Å². The minimum atomic E-state index is 0.721. The first kappa shape index (κ1) is 10.7. The summed E-state index contributed by atoms with van der Waals surface area (Å²) in [6, 6.07) is 0.721. The molecule has 1 aliphatic carbocycles. The van der Waals surface area contributed by atoms with Gasteiger partial charge in [-0.05, 0) is 19.8 Å². The van der Waals surface area contributed by atoms with Crippen molar-refractivity contribution in [1.82, 2.24) is 5.32 Å². The second-order valence-electron chi connectivity index (χ2n) is 3.74. The summed E-state index contributed by atoms with van der Waals surface area (Å²) in [4.78, 5) is 0. The number of nitrogens with one attached hydrogen (secondary N) is 1. The Hall–Kier alpha value is 0.220. The van der Waals surface area contributed by atoms with Crippen LogP contribution >= 0.6 is 23.5 Å². The number of fused-ring (bicyclic) bond motifs is 1. The average molecular weight is 227 g/mol. The van der Waals surface area contributed by atoms with E-state index in [0.717, 1.165) is 23.1 Å². The standard InChI is InChI=1S/C11H17NS2/c1-2-3-6-12-9-4-5-10-11(9)14-8-7-13-10/h9-12H,4-8H2,1H3. The van der Waals surface area contributed by atoms with Crippen molar-refractivity contribution in [1.29, 1.82) is 0 Å². The Kier molecular flexibility index (Phi) is 4.10. The van der Waals surface area contributed by atoms with Crippen LogP contribution in [0.1, 0.15) is 19.8 Å². The summed E-state index contributed by atoms with van der Waals surface area (Å²) in [7, 11) is 0. The van der Waals surface area contributed by atoms with Crippen LogP contribution in [0.2, 0.25) is 0 Å². The summed E-state index contributed by atoms with van der Waals surface area (Å²) in [5.41, 5.74) is 0. The van der Waals surface area contributed by atoms with E-state index < -0.39 is 0 Å². The van der Waals surface area contributed by atoms with Gasteiger partial charge in [-0.2, -0.15) is 23.5 Å². The molecule has 0 aromatic heterocycles. The average Bonchev–Trinajstić information content (AvgIpc) is 2.63. The lowest BCUT2D eigenvalue weighted by molar-refractivity contribution is 0.570. The van der Waals surface area contributed by atoms with Crippen LogP contribution in [0.25, 0.3) is 0 Å². The first-order valence-corrected chi connectivity index (χ1v) is 7.38. The van der Waals surface area contributed by atoms with Crippen molar-refractivity contribution in [3.05, 3.63) is 0 Å². The van der Waals surface area contributed by atoms with Crippen LogP contribution in [0, 0.1) is 11.8 Å². The van der Waals surface area contributed by atoms with Gasteiger partial charge in [-0.25, -0.2) is 0 Å². The van der Waals surface area contributed by atoms with Crippen molar-refractivity contribution in [3.63, 3.8) is 0 Å². The van der Waals surface area contributed by atoms with E-state index in [1.54, 1.807) is 0 Å². The maximum Gasteiger partial charge on any atom is 0.0578 e. The SMILES string of the molecule is CC#CCNC1CCC2SCCSC12. The molecule has 0 spiro atoms. The van der Waals surface area contributed by atoms with E-state index in [2.05, 4.69) is 40.7 Å². The Labute approximate surface area is 95.2 Å². The van der Waals surface area contributed by atoms with E-state index in [4.69, 9.17) is 0 Å². The first-order valence-electron chi connectivity index (χ1n) is 5.28. The molecule has 0 radical (unpaired) electrons. The molecule has 3 atom stereocenters. The highest BCUT2D eigenvalue weighted by Gasteiger charge is 2.38. The molecular formula is C11H17NS2. The fourth-order valence-electron chi connectivity index (χ4n) is 2.21.